The lowest BCUT2D eigenvalue weighted by molar-refractivity contribution is -0.132. The van der Waals surface area contributed by atoms with Crippen LogP contribution < -0.4 is 0 Å². The Morgan fingerprint density at radius 2 is 2.10 bits per heavy atom. The van der Waals surface area contributed by atoms with Gasteiger partial charge >= 0.3 is 0 Å². The van der Waals surface area contributed by atoms with Crippen LogP contribution in [0.4, 0.5) is 0 Å². The Hall–Kier alpha value is -1.00. The van der Waals surface area contributed by atoms with Crippen molar-refractivity contribution in [2.75, 3.05) is 18.9 Å². The first-order chi connectivity index (χ1) is 9.70. The molecule has 1 N–H and O–H groups in total. The highest BCUT2D eigenvalue weighted by molar-refractivity contribution is 7.99. The van der Waals surface area contributed by atoms with E-state index in [1.54, 1.807) is 11.8 Å². The Morgan fingerprint density at radius 1 is 1.35 bits per heavy atom. The van der Waals surface area contributed by atoms with E-state index in [-0.39, 0.29) is 18.6 Å². The zero-order valence-corrected chi connectivity index (χ0v) is 12.9. The number of benzene rings is 1. The molecule has 4 heteroatoms. The summed E-state index contributed by atoms with van der Waals surface area (Å²) in [6.07, 6.45) is 3.11. The molecular weight excluding hydrogens is 270 g/mol. The number of hydrogen-bond donors (Lipinski definition) is 1. The van der Waals surface area contributed by atoms with Gasteiger partial charge in [0.15, 0.2) is 0 Å². The molecule has 0 bridgehead atoms. The third-order valence-electron chi connectivity index (χ3n) is 3.77. The van der Waals surface area contributed by atoms with E-state index >= 15 is 0 Å². The minimum absolute atomic E-state index is 0.0382. The van der Waals surface area contributed by atoms with Crippen LogP contribution in [0.3, 0.4) is 0 Å². The second kappa shape index (κ2) is 7.70. The average Bonchev–Trinajstić information content (AvgIpc) is 2.49. The van der Waals surface area contributed by atoms with Crippen molar-refractivity contribution in [3.63, 3.8) is 0 Å². The number of thioether (sulfide) groups is 1. The fourth-order valence-corrected chi connectivity index (χ4v) is 3.41. The number of likely N-dealkylation sites (tertiary alicyclic amines) is 1. The molecule has 1 aromatic carbocycles. The maximum absolute atomic E-state index is 12.2. The number of rotatable bonds is 5. The minimum Gasteiger partial charge on any atom is -0.394 e. The van der Waals surface area contributed by atoms with Gasteiger partial charge in [-0.3, -0.25) is 4.79 Å². The van der Waals surface area contributed by atoms with E-state index < -0.39 is 0 Å². The van der Waals surface area contributed by atoms with E-state index in [1.165, 1.54) is 11.1 Å². The first-order valence-corrected chi connectivity index (χ1v) is 8.40. The number of carbonyl (C=O) groups is 1. The lowest BCUT2D eigenvalue weighted by atomic mass is 10.0. The number of nitrogens with zero attached hydrogens (tertiary/aromatic N) is 1. The number of piperidine rings is 1. The number of aliphatic hydroxyl groups is 1. The van der Waals surface area contributed by atoms with Crippen molar-refractivity contribution in [2.45, 2.75) is 38.0 Å². The highest BCUT2D eigenvalue weighted by Gasteiger charge is 2.25. The van der Waals surface area contributed by atoms with Gasteiger partial charge in [0.05, 0.1) is 18.4 Å². The van der Waals surface area contributed by atoms with Gasteiger partial charge in [-0.2, -0.15) is 0 Å². The molecule has 1 aliphatic heterocycles. The molecule has 1 saturated heterocycles. The van der Waals surface area contributed by atoms with Gasteiger partial charge in [0.1, 0.15) is 0 Å². The number of aliphatic hydroxyl groups excluding tert-OH is 1. The molecule has 1 aromatic rings. The lowest BCUT2D eigenvalue weighted by Gasteiger charge is -2.34. The molecule has 1 fully saturated rings. The van der Waals surface area contributed by atoms with Gasteiger partial charge < -0.3 is 10.0 Å². The normalized spacial score (nSPS) is 19.1. The van der Waals surface area contributed by atoms with Crippen LogP contribution >= 0.6 is 11.8 Å². The van der Waals surface area contributed by atoms with E-state index in [2.05, 4.69) is 31.2 Å². The van der Waals surface area contributed by atoms with Crippen molar-refractivity contribution in [2.24, 2.45) is 0 Å². The summed E-state index contributed by atoms with van der Waals surface area (Å²) in [5.74, 6) is 1.54. The van der Waals surface area contributed by atoms with E-state index in [4.69, 9.17) is 0 Å². The standard InChI is InChI=1S/C16H23NO2S/c1-13-5-7-14(8-6-13)11-20-12-16(19)17-9-3-2-4-15(17)10-18/h5-8,15,18H,2-4,9-12H2,1H3. The van der Waals surface area contributed by atoms with Gasteiger partial charge in [-0.1, -0.05) is 29.8 Å². The van der Waals surface area contributed by atoms with Gasteiger partial charge in [-0.15, -0.1) is 11.8 Å². The Morgan fingerprint density at radius 3 is 2.80 bits per heavy atom. The molecule has 0 aromatic heterocycles. The number of carbonyl (C=O) groups excluding carboxylic acids is 1. The molecule has 1 amide bonds. The summed E-state index contributed by atoms with van der Waals surface area (Å²) in [5, 5.41) is 9.34. The highest BCUT2D eigenvalue weighted by atomic mass is 32.2. The van der Waals surface area contributed by atoms with Gasteiger partial charge in [0.2, 0.25) is 5.91 Å². The quantitative estimate of drug-likeness (QED) is 0.907. The van der Waals surface area contributed by atoms with Gasteiger partial charge in [0.25, 0.3) is 0 Å². The average molecular weight is 293 g/mol. The summed E-state index contributed by atoms with van der Waals surface area (Å²) in [7, 11) is 0. The zero-order chi connectivity index (χ0) is 14.4. The summed E-state index contributed by atoms with van der Waals surface area (Å²) in [4.78, 5) is 14.1. The van der Waals surface area contributed by atoms with E-state index in [0.717, 1.165) is 31.6 Å². The Bertz CT molecular complexity index is 433. The van der Waals surface area contributed by atoms with Crippen LogP contribution in [-0.4, -0.2) is 40.9 Å². The fourth-order valence-electron chi connectivity index (χ4n) is 2.54. The molecule has 3 nitrogen and oxygen atoms in total. The molecule has 0 saturated carbocycles. The summed E-state index contributed by atoms with van der Waals surface area (Å²) in [5.41, 5.74) is 2.51. The highest BCUT2D eigenvalue weighted by Crippen LogP contribution is 2.19. The van der Waals surface area contributed by atoms with E-state index in [9.17, 15) is 9.90 Å². The molecule has 2 rings (SSSR count). The monoisotopic (exact) mass is 293 g/mol. The second-order valence-corrected chi connectivity index (χ2v) is 6.38. The zero-order valence-electron chi connectivity index (χ0n) is 12.0. The summed E-state index contributed by atoms with van der Waals surface area (Å²) >= 11 is 1.65. The molecule has 1 aliphatic rings. The molecular formula is C16H23NO2S. The number of amides is 1. The third kappa shape index (κ3) is 4.25. The van der Waals surface area contributed by atoms with Crippen LogP contribution in [0.5, 0.6) is 0 Å². The van der Waals surface area contributed by atoms with Gasteiger partial charge in [0, 0.05) is 12.3 Å². The van der Waals surface area contributed by atoms with Crippen LogP contribution in [0.2, 0.25) is 0 Å². The Balaban J connectivity index is 1.78. The molecule has 20 heavy (non-hydrogen) atoms. The molecule has 0 radical (unpaired) electrons. The SMILES string of the molecule is Cc1ccc(CSCC(=O)N2CCCCC2CO)cc1. The minimum atomic E-state index is 0.0382. The van der Waals surface area contributed by atoms with E-state index in [1.807, 2.05) is 4.90 Å². The van der Waals surface area contributed by atoms with Crippen molar-refractivity contribution in [3.05, 3.63) is 35.4 Å². The number of hydrogen-bond acceptors (Lipinski definition) is 3. The van der Waals surface area contributed by atoms with Crippen LogP contribution in [0, 0.1) is 6.92 Å². The largest absolute Gasteiger partial charge is 0.394 e. The Labute approximate surface area is 125 Å². The lowest BCUT2D eigenvalue weighted by Crippen LogP contribution is -2.46. The maximum Gasteiger partial charge on any atom is 0.232 e. The maximum atomic E-state index is 12.2. The van der Waals surface area contributed by atoms with Crippen LogP contribution in [0.15, 0.2) is 24.3 Å². The molecule has 110 valence electrons. The van der Waals surface area contributed by atoms with Crippen molar-refractivity contribution >= 4 is 17.7 Å². The first-order valence-electron chi connectivity index (χ1n) is 7.24. The Kier molecular flexibility index (Phi) is 5.92. The smallest absolute Gasteiger partial charge is 0.232 e. The predicted molar refractivity (Wildman–Crippen MR) is 83.8 cm³/mol. The van der Waals surface area contributed by atoms with Crippen molar-refractivity contribution in [1.82, 2.24) is 4.90 Å². The molecule has 0 aliphatic carbocycles. The first kappa shape index (κ1) is 15.4. The van der Waals surface area contributed by atoms with E-state index in [0.29, 0.717) is 5.75 Å². The van der Waals surface area contributed by atoms with Crippen LogP contribution in [0.1, 0.15) is 30.4 Å². The van der Waals surface area contributed by atoms with Crippen molar-refractivity contribution < 1.29 is 9.90 Å². The number of aryl methyl sites for hydroxylation is 1. The third-order valence-corrected chi connectivity index (χ3v) is 4.76. The molecule has 0 spiro atoms. The molecule has 1 atom stereocenters. The molecule has 1 heterocycles. The fraction of sp³-hybridized carbons (Fsp3) is 0.562. The predicted octanol–water partition coefficient (Wildman–Crippen LogP) is 2.60. The second-order valence-electron chi connectivity index (χ2n) is 5.40. The topological polar surface area (TPSA) is 40.5 Å². The van der Waals surface area contributed by atoms with Gasteiger partial charge in [-0.05, 0) is 31.7 Å². The summed E-state index contributed by atoms with van der Waals surface area (Å²) < 4.78 is 0. The van der Waals surface area contributed by atoms with Crippen molar-refractivity contribution in [1.29, 1.82) is 0 Å². The summed E-state index contributed by atoms with van der Waals surface area (Å²) in [6.45, 7) is 2.97. The van der Waals surface area contributed by atoms with Gasteiger partial charge in [-0.25, -0.2) is 0 Å². The van der Waals surface area contributed by atoms with Crippen molar-refractivity contribution in [3.8, 4) is 0 Å². The summed E-state index contributed by atoms with van der Waals surface area (Å²) in [6, 6.07) is 8.47. The van der Waals surface area contributed by atoms with Crippen LogP contribution in [-0.2, 0) is 10.5 Å². The van der Waals surface area contributed by atoms with Crippen LogP contribution in [0.25, 0.3) is 0 Å². The molecule has 1 unspecified atom stereocenters.